The largest absolute Gasteiger partial charge is 0.463 e. The average Bonchev–Trinajstić information content (AvgIpc) is 2.82. The third-order valence-electron chi connectivity index (χ3n) is 5.17. The van der Waals surface area contributed by atoms with Crippen molar-refractivity contribution in [3.05, 3.63) is 83.1 Å². The predicted molar refractivity (Wildman–Crippen MR) is 116 cm³/mol. The van der Waals surface area contributed by atoms with E-state index in [9.17, 15) is 19.5 Å². The fraction of sp³-hybridized carbons (Fsp3) is 0.292. The highest BCUT2D eigenvalue weighted by molar-refractivity contribution is 5.95. The molecule has 0 fully saturated rings. The highest BCUT2D eigenvalue weighted by Crippen LogP contribution is 2.31. The molecular formula is C24H26N2O6. The number of esters is 2. The van der Waals surface area contributed by atoms with Crippen LogP contribution in [0.3, 0.4) is 0 Å². The summed E-state index contributed by atoms with van der Waals surface area (Å²) in [5.41, 5.74) is -1.11. The van der Waals surface area contributed by atoms with E-state index in [1.54, 1.807) is 67.6 Å². The number of hydrogen-bond donors (Lipinski definition) is 3. The zero-order chi connectivity index (χ0) is 23.1. The Morgan fingerprint density at radius 3 is 2.03 bits per heavy atom. The highest BCUT2D eigenvalue weighted by Gasteiger charge is 2.42. The lowest BCUT2D eigenvalue weighted by molar-refractivity contribution is -0.161. The molecule has 0 radical (unpaired) electrons. The number of amides is 2. The molecule has 3 N–H and O–H groups in total. The molecule has 168 valence electrons. The van der Waals surface area contributed by atoms with Crippen molar-refractivity contribution in [2.75, 3.05) is 13.2 Å². The third kappa shape index (κ3) is 4.65. The van der Waals surface area contributed by atoms with Crippen molar-refractivity contribution in [3.8, 4) is 0 Å². The van der Waals surface area contributed by atoms with Gasteiger partial charge < -0.3 is 25.2 Å². The van der Waals surface area contributed by atoms with Crippen molar-refractivity contribution in [3.63, 3.8) is 0 Å². The van der Waals surface area contributed by atoms with Crippen LogP contribution in [0.2, 0.25) is 0 Å². The summed E-state index contributed by atoms with van der Waals surface area (Å²) < 4.78 is 10.6. The van der Waals surface area contributed by atoms with Crippen molar-refractivity contribution >= 4 is 18.0 Å². The van der Waals surface area contributed by atoms with Crippen LogP contribution in [0.1, 0.15) is 31.4 Å². The van der Waals surface area contributed by atoms with E-state index in [-0.39, 0.29) is 17.9 Å². The summed E-state index contributed by atoms with van der Waals surface area (Å²) in [7, 11) is 0. The summed E-state index contributed by atoms with van der Waals surface area (Å²) in [6, 6.07) is 15.7. The summed E-state index contributed by atoms with van der Waals surface area (Å²) in [5, 5.41) is 16.7. The molecule has 0 aliphatic carbocycles. The van der Waals surface area contributed by atoms with Gasteiger partial charge in [-0.3, -0.25) is 0 Å². The van der Waals surface area contributed by atoms with Crippen LogP contribution in [0.25, 0.3) is 0 Å². The molecule has 0 saturated heterocycles. The Labute approximate surface area is 186 Å². The van der Waals surface area contributed by atoms with Crippen LogP contribution in [-0.4, -0.2) is 42.3 Å². The summed E-state index contributed by atoms with van der Waals surface area (Å²) in [6.07, 6.45) is 0.441. The van der Waals surface area contributed by atoms with Crippen LogP contribution in [0.15, 0.2) is 71.9 Å². The molecule has 32 heavy (non-hydrogen) atoms. The lowest BCUT2D eigenvalue weighted by Gasteiger charge is -2.30. The van der Waals surface area contributed by atoms with Gasteiger partial charge in [0.25, 0.3) is 0 Å². The van der Waals surface area contributed by atoms with E-state index in [0.717, 1.165) is 0 Å². The Morgan fingerprint density at radius 1 is 0.969 bits per heavy atom. The first-order valence-corrected chi connectivity index (χ1v) is 10.4. The van der Waals surface area contributed by atoms with Crippen molar-refractivity contribution in [1.29, 1.82) is 0 Å². The second-order valence-electron chi connectivity index (χ2n) is 7.19. The summed E-state index contributed by atoms with van der Waals surface area (Å²) >= 11 is 0. The van der Waals surface area contributed by atoms with Crippen LogP contribution in [0.4, 0.5) is 4.79 Å². The van der Waals surface area contributed by atoms with E-state index < -0.39 is 36.2 Å². The third-order valence-corrected chi connectivity index (χ3v) is 5.17. The van der Waals surface area contributed by atoms with Gasteiger partial charge in [-0.25, -0.2) is 14.4 Å². The van der Waals surface area contributed by atoms with E-state index in [0.29, 0.717) is 17.5 Å². The quantitative estimate of drug-likeness (QED) is 0.546. The number of aliphatic hydroxyl groups is 1. The first-order chi connectivity index (χ1) is 15.4. The smallest absolute Gasteiger partial charge is 0.348 e. The van der Waals surface area contributed by atoms with Gasteiger partial charge in [0.1, 0.15) is 6.61 Å². The molecule has 8 nitrogen and oxygen atoms in total. The highest BCUT2D eigenvalue weighted by atomic mass is 16.6. The maximum absolute atomic E-state index is 13.2. The van der Waals surface area contributed by atoms with Gasteiger partial charge in [-0.15, -0.1) is 0 Å². The fourth-order valence-electron chi connectivity index (χ4n) is 3.58. The van der Waals surface area contributed by atoms with Crippen molar-refractivity contribution in [2.24, 2.45) is 0 Å². The monoisotopic (exact) mass is 438 g/mol. The summed E-state index contributed by atoms with van der Waals surface area (Å²) in [6.45, 7) is 3.22. The number of nitrogens with one attached hydrogen (secondary N) is 2. The lowest BCUT2D eigenvalue weighted by atomic mass is 9.86. The molecule has 2 aromatic carbocycles. The number of ether oxygens (including phenoxy) is 2. The number of hydrogen-bond acceptors (Lipinski definition) is 6. The van der Waals surface area contributed by atoms with Crippen molar-refractivity contribution in [1.82, 2.24) is 10.6 Å². The fourth-order valence-corrected chi connectivity index (χ4v) is 3.58. The summed E-state index contributed by atoms with van der Waals surface area (Å²) in [4.78, 5) is 37.8. The first kappa shape index (κ1) is 23.0. The minimum Gasteiger partial charge on any atom is -0.463 e. The van der Waals surface area contributed by atoms with E-state index >= 15 is 0 Å². The van der Waals surface area contributed by atoms with Gasteiger partial charge in [-0.05, 0) is 24.5 Å². The Hall–Kier alpha value is -3.65. The van der Waals surface area contributed by atoms with E-state index in [1.807, 2.05) is 6.92 Å². The molecular weight excluding hydrogens is 412 g/mol. The topological polar surface area (TPSA) is 114 Å². The van der Waals surface area contributed by atoms with Gasteiger partial charge in [0.15, 0.2) is 0 Å². The molecule has 1 heterocycles. The number of benzene rings is 2. The molecule has 1 aliphatic heterocycles. The molecule has 1 unspecified atom stereocenters. The van der Waals surface area contributed by atoms with E-state index in [4.69, 9.17) is 9.47 Å². The van der Waals surface area contributed by atoms with Crippen LogP contribution in [-0.2, 0) is 24.7 Å². The van der Waals surface area contributed by atoms with Crippen LogP contribution >= 0.6 is 0 Å². The minimum absolute atomic E-state index is 0.121. The van der Waals surface area contributed by atoms with Gasteiger partial charge in [-0.1, -0.05) is 67.6 Å². The molecule has 2 aromatic rings. The van der Waals surface area contributed by atoms with Gasteiger partial charge in [0, 0.05) is 0 Å². The number of carbonyl (C=O) groups is 3. The van der Waals surface area contributed by atoms with Crippen LogP contribution in [0, 0.1) is 0 Å². The second kappa shape index (κ2) is 10.1. The minimum atomic E-state index is -2.08. The zero-order valence-electron chi connectivity index (χ0n) is 18.0. The molecule has 0 spiro atoms. The van der Waals surface area contributed by atoms with Gasteiger partial charge in [0.2, 0.25) is 5.60 Å². The molecule has 2 amide bonds. The number of urea groups is 1. The molecule has 0 bridgehead atoms. The van der Waals surface area contributed by atoms with E-state index in [1.165, 1.54) is 0 Å². The molecule has 0 saturated carbocycles. The van der Waals surface area contributed by atoms with Gasteiger partial charge in [-0.2, -0.15) is 0 Å². The van der Waals surface area contributed by atoms with Crippen LogP contribution < -0.4 is 10.6 Å². The molecule has 3 rings (SSSR count). The maximum atomic E-state index is 13.2. The van der Waals surface area contributed by atoms with Crippen molar-refractivity contribution in [2.45, 2.75) is 31.9 Å². The SMILES string of the molecule is CCOC(=O)C1=C(COC(=O)C(O)(c2ccccc2)c2ccccc2)NC(=O)NC1CC. The Balaban J connectivity index is 1.94. The Kier molecular flexibility index (Phi) is 7.27. The number of carbonyl (C=O) groups excluding carboxylic acids is 3. The Bertz CT molecular complexity index is 964. The standard InChI is InChI=1S/C24H26N2O6/c1-3-18-20(21(27)31-4-2)19(26-23(29)25-18)15-32-22(28)24(30,16-11-7-5-8-12-16)17-13-9-6-10-14-17/h5-14,18,30H,3-4,15H2,1-2H3,(H2,25,26,29). The Morgan fingerprint density at radius 2 is 1.53 bits per heavy atom. The van der Waals surface area contributed by atoms with E-state index in [2.05, 4.69) is 10.6 Å². The molecule has 0 aromatic heterocycles. The zero-order valence-corrected chi connectivity index (χ0v) is 18.0. The molecule has 1 atom stereocenters. The second-order valence-corrected chi connectivity index (χ2v) is 7.19. The normalized spacial score (nSPS) is 16.1. The maximum Gasteiger partial charge on any atom is 0.348 e. The average molecular weight is 438 g/mol. The first-order valence-electron chi connectivity index (χ1n) is 10.4. The lowest BCUT2D eigenvalue weighted by Crippen LogP contribution is -2.51. The number of rotatable bonds is 8. The van der Waals surface area contributed by atoms with Gasteiger partial charge >= 0.3 is 18.0 Å². The molecule has 1 aliphatic rings. The van der Waals surface area contributed by atoms with Gasteiger partial charge in [0.05, 0.1) is 23.9 Å². The van der Waals surface area contributed by atoms with Crippen LogP contribution in [0.5, 0.6) is 0 Å². The molecule has 8 heteroatoms. The van der Waals surface area contributed by atoms with Crippen molar-refractivity contribution < 1.29 is 29.0 Å². The predicted octanol–water partition coefficient (Wildman–Crippen LogP) is 2.37. The summed E-state index contributed by atoms with van der Waals surface area (Å²) in [5.74, 6) is -1.55.